The van der Waals surface area contributed by atoms with Gasteiger partial charge in [0.05, 0.1) is 6.10 Å². The number of hydrogen-bond acceptors (Lipinski definition) is 2. The van der Waals surface area contributed by atoms with Gasteiger partial charge in [0, 0.05) is 12.3 Å². The summed E-state index contributed by atoms with van der Waals surface area (Å²) in [6.07, 6.45) is 8.23. The Kier molecular flexibility index (Phi) is 3.22. The van der Waals surface area contributed by atoms with Gasteiger partial charge in [0.1, 0.15) is 5.78 Å². The lowest BCUT2D eigenvalue weighted by molar-refractivity contribution is -0.121. The monoisotopic (exact) mass is 196 g/mol. The quantitative estimate of drug-likeness (QED) is 0.735. The van der Waals surface area contributed by atoms with Crippen molar-refractivity contribution in [2.45, 2.75) is 57.5 Å². The highest BCUT2D eigenvalue weighted by Crippen LogP contribution is 2.34. The molecule has 0 aromatic heterocycles. The van der Waals surface area contributed by atoms with E-state index >= 15 is 0 Å². The Morgan fingerprint density at radius 1 is 1.21 bits per heavy atom. The molecule has 0 saturated heterocycles. The third kappa shape index (κ3) is 2.35. The van der Waals surface area contributed by atoms with E-state index in [0.717, 1.165) is 44.9 Å². The van der Waals surface area contributed by atoms with E-state index in [1.165, 1.54) is 6.42 Å². The van der Waals surface area contributed by atoms with Crippen LogP contribution in [0.3, 0.4) is 0 Å². The van der Waals surface area contributed by atoms with Gasteiger partial charge in [-0.3, -0.25) is 4.79 Å². The molecule has 0 heterocycles. The van der Waals surface area contributed by atoms with Crippen LogP contribution in [0.1, 0.15) is 51.4 Å². The number of carbonyl (C=O) groups excluding carboxylic acids is 1. The maximum absolute atomic E-state index is 11.5. The molecule has 2 saturated carbocycles. The standard InChI is InChI=1S/C12H20O2/c13-11-5-1-3-9(8-11)7-10-4-2-6-12(10)14/h9-11,13H,1-8H2. The molecule has 2 rings (SSSR count). The van der Waals surface area contributed by atoms with Crippen molar-refractivity contribution in [3.05, 3.63) is 0 Å². The first-order valence-corrected chi connectivity index (χ1v) is 5.96. The molecular formula is C12H20O2. The van der Waals surface area contributed by atoms with Crippen molar-refractivity contribution in [2.24, 2.45) is 11.8 Å². The van der Waals surface area contributed by atoms with E-state index in [4.69, 9.17) is 0 Å². The summed E-state index contributed by atoms with van der Waals surface area (Å²) in [7, 11) is 0. The molecule has 3 unspecified atom stereocenters. The minimum absolute atomic E-state index is 0.0924. The first-order chi connectivity index (χ1) is 6.75. The fourth-order valence-corrected chi connectivity index (χ4v) is 3.02. The van der Waals surface area contributed by atoms with E-state index < -0.39 is 0 Å². The van der Waals surface area contributed by atoms with Crippen molar-refractivity contribution >= 4 is 5.78 Å². The molecule has 0 radical (unpaired) electrons. The summed E-state index contributed by atoms with van der Waals surface area (Å²) < 4.78 is 0. The van der Waals surface area contributed by atoms with Gasteiger partial charge in [-0.2, -0.15) is 0 Å². The number of rotatable bonds is 2. The van der Waals surface area contributed by atoms with Gasteiger partial charge in [0.2, 0.25) is 0 Å². The molecule has 0 amide bonds. The molecule has 0 spiro atoms. The summed E-state index contributed by atoms with van der Waals surface area (Å²) in [5, 5.41) is 9.53. The second kappa shape index (κ2) is 4.43. The number of aliphatic hydroxyl groups excluding tert-OH is 1. The van der Waals surface area contributed by atoms with Crippen LogP contribution in [-0.4, -0.2) is 17.0 Å². The van der Waals surface area contributed by atoms with Crippen molar-refractivity contribution in [3.8, 4) is 0 Å². The second-order valence-electron chi connectivity index (χ2n) is 4.98. The molecule has 2 nitrogen and oxygen atoms in total. The highest BCUT2D eigenvalue weighted by molar-refractivity contribution is 5.82. The summed E-state index contributed by atoms with van der Waals surface area (Å²) >= 11 is 0. The predicted molar refractivity (Wildman–Crippen MR) is 54.9 cm³/mol. The van der Waals surface area contributed by atoms with Crippen molar-refractivity contribution in [1.29, 1.82) is 0 Å². The fourth-order valence-electron chi connectivity index (χ4n) is 3.02. The Morgan fingerprint density at radius 3 is 2.71 bits per heavy atom. The van der Waals surface area contributed by atoms with Crippen LogP contribution < -0.4 is 0 Å². The molecule has 0 bridgehead atoms. The number of ketones is 1. The fraction of sp³-hybridized carbons (Fsp3) is 0.917. The topological polar surface area (TPSA) is 37.3 Å². The average Bonchev–Trinajstić information content (AvgIpc) is 2.52. The Hall–Kier alpha value is -0.370. The van der Waals surface area contributed by atoms with Crippen molar-refractivity contribution < 1.29 is 9.90 Å². The third-order valence-corrected chi connectivity index (χ3v) is 3.80. The summed E-state index contributed by atoms with van der Waals surface area (Å²) in [4.78, 5) is 11.5. The first-order valence-electron chi connectivity index (χ1n) is 5.96. The Bertz CT molecular complexity index is 212. The average molecular weight is 196 g/mol. The number of Topliss-reactive ketones (excluding diaryl/α,β-unsaturated/α-hetero) is 1. The van der Waals surface area contributed by atoms with Crippen LogP contribution in [0.25, 0.3) is 0 Å². The Balaban J connectivity index is 1.81. The van der Waals surface area contributed by atoms with Gasteiger partial charge in [-0.25, -0.2) is 0 Å². The molecular weight excluding hydrogens is 176 g/mol. The highest BCUT2D eigenvalue weighted by Gasteiger charge is 2.29. The van der Waals surface area contributed by atoms with Crippen molar-refractivity contribution in [3.63, 3.8) is 0 Å². The van der Waals surface area contributed by atoms with Crippen LogP contribution in [-0.2, 0) is 4.79 Å². The molecule has 2 aliphatic carbocycles. The van der Waals surface area contributed by atoms with Gasteiger partial charge in [0.25, 0.3) is 0 Å². The predicted octanol–water partition coefficient (Wildman–Crippen LogP) is 2.30. The summed E-state index contributed by atoms with van der Waals surface area (Å²) in [6, 6.07) is 0. The molecule has 14 heavy (non-hydrogen) atoms. The van der Waals surface area contributed by atoms with E-state index in [0.29, 0.717) is 17.6 Å². The molecule has 2 fully saturated rings. The maximum atomic E-state index is 11.5. The Morgan fingerprint density at radius 2 is 2.07 bits per heavy atom. The van der Waals surface area contributed by atoms with E-state index in [9.17, 15) is 9.90 Å². The van der Waals surface area contributed by atoms with E-state index in [-0.39, 0.29) is 6.10 Å². The minimum Gasteiger partial charge on any atom is -0.393 e. The van der Waals surface area contributed by atoms with E-state index in [1.807, 2.05) is 0 Å². The lowest BCUT2D eigenvalue weighted by atomic mass is 9.81. The molecule has 0 aromatic carbocycles. The van der Waals surface area contributed by atoms with Crippen LogP contribution in [0.4, 0.5) is 0 Å². The number of aliphatic hydroxyl groups is 1. The zero-order chi connectivity index (χ0) is 9.97. The van der Waals surface area contributed by atoms with Crippen LogP contribution >= 0.6 is 0 Å². The Labute approximate surface area is 85.7 Å². The maximum Gasteiger partial charge on any atom is 0.135 e. The zero-order valence-electron chi connectivity index (χ0n) is 8.74. The van der Waals surface area contributed by atoms with Crippen molar-refractivity contribution in [2.75, 3.05) is 0 Å². The third-order valence-electron chi connectivity index (χ3n) is 3.80. The molecule has 1 N–H and O–H groups in total. The van der Waals surface area contributed by atoms with Gasteiger partial charge in [-0.05, 0) is 38.0 Å². The van der Waals surface area contributed by atoms with Crippen molar-refractivity contribution in [1.82, 2.24) is 0 Å². The van der Waals surface area contributed by atoms with Crippen LogP contribution in [0.15, 0.2) is 0 Å². The van der Waals surface area contributed by atoms with Crippen LogP contribution in [0.2, 0.25) is 0 Å². The largest absolute Gasteiger partial charge is 0.393 e. The van der Waals surface area contributed by atoms with Gasteiger partial charge in [0.15, 0.2) is 0 Å². The van der Waals surface area contributed by atoms with Gasteiger partial charge in [-0.15, -0.1) is 0 Å². The molecule has 2 aliphatic rings. The summed E-state index contributed by atoms with van der Waals surface area (Å²) in [5.41, 5.74) is 0. The van der Waals surface area contributed by atoms with E-state index in [2.05, 4.69) is 0 Å². The number of hydrogen-bond donors (Lipinski definition) is 1. The highest BCUT2D eigenvalue weighted by atomic mass is 16.3. The lowest BCUT2D eigenvalue weighted by Gasteiger charge is -2.27. The minimum atomic E-state index is -0.0924. The molecule has 80 valence electrons. The normalized spacial score (nSPS) is 38.9. The SMILES string of the molecule is O=C1CCCC1CC1CCCC(O)C1. The number of carbonyl (C=O) groups is 1. The van der Waals surface area contributed by atoms with Crippen LogP contribution in [0.5, 0.6) is 0 Å². The molecule has 3 atom stereocenters. The van der Waals surface area contributed by atoms with E-state index in [1.54, 1.807) is 0 Å². The summed E-state index contributed by atoms with van der Waals surface area (Å²) in [5.74, 6) is 1.43. The smallest absolute Gasteiger partial charge is 0.135 e. The van der Waals surface area contributed by atoms with Crippen LogP contribution in [0, 0.1) is 11.8 Å². The van der Waals surface area contributed by atoms with Gasteiger partial charge < -0.3 is 5.11 Å². The first kappa shape index (κ1) is 10.2. The second-order valence-corrected chi connectivity index (χ2v) is 4.98. The van der Waals surface area contributed by atoms with Gasteiger partial charge >= 0.3 is 0 Å². The zero-order valence-corrected chi connectivity index (χ0v) is 8.74. The lowest BCUT2D eigenvalue weighted by Crippen LogP contribution is -2.22. The van der Waals surface area contributed by atoms with Gasteiger partial charge in [-0.1, -0.05) is 12.8 Å². The molecule has 0 aromatic rings. The molecule has 0 aliphatic heterocycles. The molecule has 2 heteroatoms. The summed E-state index contributed by atoms with van der Waals surface area (Å²) in [6.45, 7) is 0.